The molecular weight excluding hydrogens is 427 g/mol. The molecule has 34 heavy (non-hydrogen) atoms. The van der Waals surface area contributed by atoms with Crippen molar-refractivity contribution in [1.82, 2.24) is 14.7 Å². The van der Waals surface area contributed by atoms with Crippen molar-refractivity contribution in [2.75, 3.05) is 39.6 Å². The van der Waals surface area contributed by atoms with Gasteiger partial charge in [-0.2, -0.15) is 0 Å². The van der Waals surface area contributed by atoms with E-state index in [0.29, 0.717) is 35.8 Å². The molecule has 0 bridgehead atoms. The lowest BCUT2D eigenvalue weighted by molar-refractivity contribution is 0.288. The highest BCUT2D eigenvalue weighted by atomic mass is 19.1. The zero-order valence-corrected chi connectivity index (χ0v) is 20.2. The predicted molar refractivity (Wildman–Crippen MR) is 137 cm³/mol. The van der Waals surface area contributed by atoms with E-state index in [0.717, 1.165) is 23.2 Å². The third-order valence-corrected chi connectivity index (χ3v) is 5.68. The molecule has 0 radical (unpaired) electrons. The van der Waals surface area contributed by atoms with Gasteiger partial charge in [-0.3, -0.25) is 4.68 Å². The summed E-state index contributed by atoms with van der Waals surface area (Å²) in [5.41, 5.74) is 4.44. The summed E-state index contributed by atoms with van der Waals surface area (Å²) in [5, 5.41) is 4.71. The number of likely N-dealkylation sites (N-methyl/N-ethyl adjacent to an activating group) is 1. The molecule has 1 heterocycles. The van der Waals surface area contributed by atoms with Crippen LogP contribution in [-0.2, 0) is 13.2 Å². The monoisotopic (exact) mass is 458 g/mol. The molecule has 4 rings (SSSR count). The molecule has 4 aromatic rings. The van der Waals surface area contributed by atoms with Crippen LogP contribution in [0.1, 0.15) is 5.56 Å². The van der Waals surface area contributed by atoms with Crippen LogP contribution in [0.5, 0.6) is 5.88 Å². The summed E-state index contributed by atoms with van der Waals surface area (Å²) < 4.78 is 24.1. The average Bonchev–Trinajstić information content (AvgIpc) is 3.24. The lowest BCUT2D eigenvalue weighted by Crippen LogP contribution is -2.18. The maximum atomic E-state index is 16.1. The van der Waals surface area contributed by atoms with Gasteiger partial charge in [0.2, 0.25) is 5.88 Å². The molecule has 0 saturated carbocycles. The van der Waals surface area contributed by atoms with Gasteiger partial charge in [0, 0.05) is 32.4 Å². The first-order valence-electron chi connectivity index (χ1n) is 11.4. The molecule has 0 aliphatic heterocycles. The van der Waals surface area contributed by atoms with E-state index in [9.17, 15) is 0 Å². The number of benzene rings is 3. The van der Waals surface area contributed by atoms with Crippen molar-refractivity contribution < 1.29 is 9.13 Å². The van der Waals surface area contributed by atoms with Crippen LogP contribution in [0.2, 0.25) is 0 Å². The number of aromatic nitrogens is 2. The van der Waals surface area contributed by atoms with E-state index >= 15 is 4.39 Å². The third-order valence-electron chi connectivity index (χ3n) is 5.68. The zero-order chi connectivity index (χ0) is 24.1. The largest absolute Gasteiger partial charge is 0.471 e. The Kier molecular flexibility index (Phi) is 7.28. The molecule has 0 aliphatic rings. The Morgan fingerprint density at radius 3 is 2.18 bits per heavy atom. The van der Waals surface area contributed by atoms with E-state index in [1.807, 2.05) is 112 Å². The summed E-state index contributed by atoms with van der Waals surface area (Å²) >= 11 is 0. The van der Waals surface area contributed by atoms with Crippen LogP contribution in [-0.4, -0.2) is 49.4 Å². The number of rotatable bonds is 9. The first-order valence-corrected chi connectivity index (χ1v) is 11.4. The van der Waals surface area contributed by atoms with Gasteiger partial charge in [-0.15, -0.1) is 5.10 Å². The second kappa shape index (κ2) is 10.5. The zero-order valence-electron chi connectivity index (χ0n) is 20.2. The highest BCUT2D eigenvalue weighted by molar-refractivity contribution is 5.88. The summed E-state index contributed by atoms with van der Waals surface area (Å²) in [5.74, 6) is 0.137. The predicted octanol–water partition coefficient (Wildman–Crippen LogP) is 5.56. The van der Waals surface area contributed by atoms with Crippen molar-refractivity contribution in [3.63, 3.8) is 0 Å². The molecule has 0 amide bonds. The fourth-order valence-corrected chi connectivity index (χ4v) is 3.86. The van der Waals surface area contributed by atoms with Gasteiger partial charge in [0.15, 0.2) is 5.82 Å². The second-order valence-electron chi connectivity index (χ2n) is 8.77. The number of halogens is 1. The fourth-order valence-electron chi connectivity index (χ4n) is 3.86. The minimum Gasteiger partial charge on any atom is -0.471 e. The number of nitrogens with zero attached hydrogens (tertiary/aromatic N) is 4. The fraction of sp³-hybridized carbons (Fsp3) is 0.250. The summed E-state index contributed by atoms with van der Waals surface area (Å²) in [6, 6.07) is 23.6. The standard InChI is InChI=1S/C28H31FN4O/c1-31(2)17-18-33-19-24(28(30-33)34-20-21-11-7-5-8-12-21)26-23(22-13-9-6-10-14-22)15-16-25(27(26)29)32(3)4/h5-16,19H,17-18,20H2,1-4H3. The summed E-state index contributed by atoms with van der Waals surface area (Å²) in [7, 11) is 7.73. The quantitative estimate of drug-likeness (QED) is 0.329. The van der Waals surface area contributed by atoms with Crippen LogP contribution >= 0.6 is 0 Å². The highest BCUT2D eigenvalue weighted by Crippen LogP contribution is 2.41. The van der Waals surface area contributed by atoms with E-state index in [-0.39, 0.29) is 5.82 Å². The first-order chi connectivity index (χ1) is 16.4. The van der Waals surface area contributed by atoms with Gasteiger partial charge in [0.1, 0.15) is 6.61 Å². The Hall–Kier alpha value is -3.64. The Morgan fingerprint density at radius 2 is 1.53 bits per heavy atom. The highest BCUT2D eigenvalue weighted by Gasteiger charge is 2.23. The van der Waals surface area contributed by atoms with Gasteiger partial charge >= 0.3 is 0 Å². The third kappa shape index (κ3) is 5.29. The normalized spacial score (nSPS) is 11.1. The maximum Gasteiger partial charge on any atom is 0.241 e. The van der Waals surface area contributed by atoms with E-state index < -0.39 is 0 Å². The van der Waals surface area contributed by atoms with Gasteiger partial charge in [0.05, 0.1) is 17.8 Å². The van der Waals surface area contributed by atoms with Crippen molar-refractivity contribution in [1.29, 1.82) is 0 Å². The lowest BCUT2D eigenvalue weighted by atomic mass is 9.94. The Labute approximate surface area is 201 Å². The number of hydrogen-bond donors (Lipinski definition) is 0. The topological polar surface area (TPSA) is 33.5 Å². The summed E-state index contributed by atoms with van der Waals surface area (Å²) in [6.45, 7) is 1.84. The smallest absolute Gasteiger partial charge is 0.241 e. The molecule has 0 atom stereocenters. The Bertz CT molecular complexity index is 1220. The maximum absolute atomic E-state index is 16.1. The van der Waals surface area contributed by atoms with Crippen molar-refractivity contribution in [2.24, 2.45) is 0 Å². The van der Waals surface area contributed by atoms with Crippen molar-refractivity contribution >= 4 is 5.69 Å². The lowest BCUT2D eigenvalue weighted by Gasteiger charge is -2.19. The van der Waals surface area contributed by atoms with E-state index in [1.165, 1.54) is 0 Å². The van der Waals surface area contributed by atoms with Gasteiger partial charge < -0.3 is 14.5 Å². The van der Waals surface area contributed by atoms with Crippen molar-refractivity contribution in [3.8, 4) is 28.1 Å². The van der Waals surface area contributed by atoms with Gasteiger partial charge in [-0.25, -0.2) is 4.39 Å². The molecular formula is C28H31FN4O. The first kappa shape index (κ1) is 23.5. The van der Waals surface area contributed by atoms with E-state index in [4.69, 9.17) is 9.84 Å². The van der Waals surface area contributed by atoms with Crippen LogP contribution < -0.4 is 9.64 Å². The molecule has 3 aromatic carbocycles. The SMILES string of the molecule is CN(C)CCn1cc(-c2c(-c3ccccc3)ccc(N(C)C)c2F)c(OCc2ccccc2)n1. The average molecular weight is 459 g/mol. The molecule has 0 unspecified atom stereocenters. The van der Waals surface area contributed by atoms with Gasteiger partial charge in [-0.1, -0.05) is 66.7 Å². The van der Waals surface area contributed by atoms with E-state index in [2.05, 4.69) is 4.90 Å². The molecule has 0 N–H and O–H groups in total. The number of ether oxygens (including phenoxy) is 1. The van der Waals surface area contributed by atoms with Crippen molar-refractivity contribution in [2.45, 2.75) is 13.2 Å². The van der Waals surface area contributed by atoms with Crippen LogP contribution in [0.4, 0.5) is 10.1 Å². The van der Waals surface area contributed by atoms with Crippen LogP contribution in [0.15, 0.2) is 79.0 Å². The molecule has 1 aromatic heterocycles. The molecule has 6 heteroatoms. The molecule has 0 spiro atoms. The Morgan fingerprint density at radius 1 is 0.853 bits per heavy atom. The van der Waals surface area contributed by atoms with Gasteiger partial charge in [-0.05, 0) is 36.9 Å². The molecule has 0 saturated heterocycles. The summed E-state index contributed by atoms with van der Waals surface area (Å²) in [6.07, 6.45) is 1.90. The van der Waals surface area contributed by atoms with Crippen LogP contribution in [0, 0.1) is 5.82 Å². The molecule has 0 fully saturated rings. The van der Waals surface area contributed by atoms with Crippen LogP contribution in [0.25, 0.3) is 22.3 Å². The Balaban J connectivity index is 1.84. The second-order valence-corrected chi connectivity index (χ2v) is 8.77. The minimum atomic E-state index is -0.289. The van der Waals surface area contributed by atoms with Crippen molar-refractivity contribution in [3.05, 3.63) is 90.4 Å². The summed E-state index contributed by atoms with van der Waals surface area (Å²) in [4.78, 5) is 3.88. The van der Waals surface area contributed by atoms with Crippen LogP contribution in [0.3, 0.4) is 0 Å². The minimum absolute atomic E-state index is 0.289. The van der Waals surface area contributed by atoms with E-state index in [1.54, 1.807) is 4.90 Å². The molecule has 0 aliphatic carbocycles. The number of hydrogen-bond acceptors (Lipinski definition) is 4. The molecule has 5 nitrogen and oxygen atoms in total. The number of anilines is 1. The molecule has 176 valence electrons. The van der Waals surface area contributed by atoms with Gasteiger partial charge in [0.25, 0.3) is 0 Å².